The number of rotatable bonds is 5. The van der Waals surface area contributed by atoms with E-state index in [2.05, 4.69) is 78.6 Å². The van der Waals surface area contributed by atoms with E-state index in [1.165, 1.54) is 15.9 Å². The van der Waals surface area contributed by atoms with Gasteiger partial charge in [0.1, 0.15) is 0 Å². The van der Waals surface area contributed by atoms with Crippen LogP contribution in [-0.4, -0.2) is 5.78 Å². The standard InChI is InChI=1S/C33H23OP.Au/c34-33(28-16-4-1-5-17-28)31-22-12-10-14-26(31)24-25-27-15-11-13-23-32(27)35(29-18-6-2-7-19-29)30-20-8-3-9-21-30;/h1-23H;. The molecule has 5 rings (SSSR count). The zero-order valence-corrected chi connectivity index (χ0v) is 22.5. The molecule has 36 heavy (non-hydrogen) atoms. The van der Waals surface area contributed by atoms with Gasteiger partial charge in [0.15, 0.2) is 5.78 Å². The number of hydrogen-bond acceptors (Lipinski definition) is 1. The fourth-order valence-corrected chi connectivity index (χ4v) is 6.43. The van der Waals surface area contributed by atoms with Crippen LogP contribution < -0.4 is 15.9 Å². The second-order valence-corrected chi connectivity index (χ2v) is 10.2. The van der Waals surface area contributed by atoms with Crippen molar-refractivity contribution in [2.75, 3.05) is 0 Å². The second kappa shape index (κ2) is 12.5. The van der Waals surface area contributed by atoms with Gasteiger partial charge in [-0.15, -0.1) is 0 Å². The minimum Gasteiger partial charge on any atom is -0.289 e. The molecule has 0 saturated heterocycles. The zero-order chi connectivity index (χ0) is 23.9. The number of carbonyl (C=O) groups excluding carboxylic acids is 1. The molecule has 0 spiro atoms. The van der Waals surface area contributed by atoms with Crippen LogP contribution in [0.5, 0.6) is 0 Å². The van der Waals surface area contributed by atoms with E-state index >= 15 is 0 Å². The molecule has 177 valence electrons. The van der Waals surface area contributed by atoms with Crippen LogP contribution in [0.4, 0.5) is 0 Å². The fourth-order valence-electron chi connectivity index (χ4n) is 4.03. The third kappa shape index (κ3) is 5.83. The van der Waals surface area contributed by atoms with Crippen molar-refractivity contribution in [3.63, 3.8) is 0 Å². The minimum absolute atomic E-state index is 0. The SMILES string of the molecule is O=C(c1ccccc1)c1ccccc1C#Cc1ccccc1P(c1ccccc1)c1ccccc1.[Au]. The van der Waals surface area contributed by atoms with E-state index in [9.17, 15) is 4.79 Å². The molecule has 0 heterocycles. The van der Waals surface area contributed by atoms with Crippen molar-refractivity contribution in [1.82, 2.24) is 0 Å². The molecule has 0 amide bonds. The van der Waals surface area contributed by atoms with E-state index in [0.717, 1.165) is 11.1 Å². The van der Waals surface area contributed by atoms with Gasteiger partial charge in [0.2, 0.25) is 0 Å². The summed E-state index contributed by atoms with van der Waals surface area (Å²) < 4.78 is 0. The Morgan fingerprint density at radius 1 is 0.500 bits per heavy atom. The van der Waals surface area contributed by atoms with Gasteiger partial charge in [0.25, 0.3) is 0 Å². The molecule has 0 aliphatic rings. The molecule has 5 aromatic rings. The molecule has 1 radical (unpaired) electrons. The maximum atomic E-state index is 13.2. The van der Waals surface area contributed by atoms with Gasteiger partial charge in [-0.1, -0.05) is 133 Å². The molecule has 0 aliphatic heterocycles. The van der Waals surface area contributed by atoms with E-state index in [-0.39, 0.29) is 28.2 Å². The van der Waals surface area contributed by atoms with E-state index in [1.54, 1.807) is 0 Å². The molecular weight excluding hydrogens is 640 g/mol. The van der Waals surface area contributed by atoms with Crippen LogP contribution in [0.1, 0.15) is 27.0 Å². The Balaban J connectivity index is 0.00000304. The van der Waals surface area contributed by atoms with Crippen LogP contribution in [0.15, 0.2) is 140 Å². The first-order valence-corrected chi connectivity index (χ1v) is 12.9. The molecule has 3 heteroatoms. The van der Waals surface area contributed by atoms with Crippen molar-refractivity contribution in [2.45, 2.75) is 0 Å². The van der Waals surface area contributed by atoms with Crippen LogP contribution >= 0.6 is 7.92 Å². The average molecular weight is 663 g/mol. The van der Waals surface area contributed by atoms with Gasteiger partial charge < -0.3 is 0 Å². The first-order valence-electron chi connectivity index (χ1n) is 11.5. The van der Waals surface area contributed by atoms with Crippen LogP contribution in [-0.2, 0) is 22.4 Å². The van der Waals surface area contributed by atoms with Crippen molar-refractivity contribution in [2.24, 2.45) is 0 Å². The van der Waals surface area contributed by atoms with E-state index in [4.69, 9.17) is 0 Å². The predicted octanol–water partition coefficient (Wildman–Crippen LogP) is 6.07. The van der Waals surface area contributed by atoms with Gasteiger partial charge in [0, 0.05) is 49.9 Å². The Bertz CT molecular complexity index is 1460. The molecule has 5 aromatic carbocycles. The summed E-state index contributed by atoms with van der Waals surface area (Å²) in [6.45, 7) is 0. The van der Waals surface area contributed by atoms with Crippen molar-refractivity contribution in [3.8, 4) is 11.8 Å². The molecule has 0 aliphatic carbocycles. The average Bonchev–Trinajstić information content (AvgIpc) is 2.94. The van der Waals surface area contributed by atoms with Crippen molar-refractivity contribution in [3.05, 3.63) is 162 Å². The largest absolute Gasteiger partial charge is 0.289 e. The Morgan fingerprint density at radius 3 is 1.56 bits per heavy atom. The number of carbonyl (C=O) groups is 1. The molecule has 0 unspecified atom stereocenters. The van der Waals surface area contributed by atoms with Crippen LogP contribution in [0.3, 0.4) is 0 Å². The Labute approximate surface area is 229 Å². The van der Waals surface area contributed by atoms with E-state index in [0.29, 0.717) is 11.1 Å². The van der Waals surface area contributed by atoms with Gasteiger partial charge in [-0.05, 0) is 36.7 Å². The van der Waals surface area contributed by atoms with Gasteiger partial charge in [-0.2, -0.15) is 0 Å². The third-order valence-electron chi connectivity index (χ3n) is 5.71. The Hall–Kier alpha value is -3.50. The number of benzene rings is 5. The predicted molar refractivity (Wildman–Crippen MR) is 147 cm³/mol. The Morgan fingerprint density at radius 2 is 0.944 bits per heavy atom. The molecule has 0 N–H and O–H groups in total. The molecule has 0 saturated carbocycles. The topological polar surface area (TPSA) is 17.1 Å². The summed E-state index contributed by atoms with van der Waals surface area (Å²) in [5, 5.41) is 3.77. The summed E-state index contributed by atoms with van der Waals surface area (Å²) in [5.74, 6) is 6.71. The number of ketones is 1. The maximum absolute atomic E-state index is 13.2. The summed E-state index contributed by atoms with van der Waals surface area (Å²) in [5.41, 5.74) is 3.00. The molecule has 0 atom stereocenters. The normalized spacial score (nSPS) is 10.1. The van der Waals surface area contributed by atoms with Gasteiger partial charge in [0.05, 0.1) is 0 Å². The summed E-state index contributed by atoms with van der Waals surface area (Å²) in [7, 11) is -0.773. The molecule has 0 fully saturated rings. The summed E-state index contributed by atoms with van der Waals surface area (Å²) in [4.78, 5) is 13.2. The maximum Gasteiger partial charge on any atom is 0.194 e. The molecule has 1 nitrogen and oxygen atoms in total. The Kier molecular flexibility index (Phi) is 8.85. The second-order valence-electron chi connectivity index (χ2n) is 8.01. The molecular formula is C33H23AuOP. The number of hydrogen-bond donors (Lipinski definition) is 0. The first-order chi connectivity index (χ1) is 17.3. The first kappa shape index (κ1) is 25.6. The van der Waals surface area contributed by atoms with Crippen molar-refractivity contribution >= 4 is 29.6 Å². The van der Waals surface area contributed by atoms with Gasteiger partial charge >= 0.3 is 0 Å². The fraction of sp³-hybridized carbons (Fsp3) is 0. The van der Waals surface area contributed by atoms with Gasteiger partial charge in [-0.25, -0.2) is 0 Å². The smallest absolute Gasteiger partial charge is 0.194 e. The zero-order valence-electron chi connectivity index (χ0n) is 19.4. The van der Waals surface area contributed by atoms with Crippen LogP contribution in [0.2, 0.25) is 0 Å². The monoisotopic (exact) mass is 663 g/mol. The third-order valence-corrected chi connectivity index (χ3v) is 8.21. The summed E-state index contributed by atoms with van der Waals surface area (Å²) in [6, 6.07) is 46.5. The van der Waals surface area contributed by atoms with Crippen molar-refractivity contribution < 1.29 is 27.2 Å². The summed E-state index contributed by atoms with van der Waals surface area (Å²) >= 11 is 0. The summed E-state index contributed by atoms with van der Waals surface area (Å²) in [6.07, 6.45) is 0. The van der Waals surface area contributed by atoms with Gasteiger partial charge in [-0.3, -0.25) is 4.79 Å². The van der Waals surface area contributed by atoms with E-state index in [1.807, 2.05) is 72.8 Å². The van der Waals surface area contributed by atoms with Crippen LogP contribution in [0, 0.1) is 11.8 Å². The van der Waals surface area contributed by atoms with E-state index < -0.39 is 7.92 Å². The molecule has 0 aromatic heterocycles. The van der Waals surface area contributed by atoms with Crippen molar-refractivity contribution in [1.29, 1.82) is 0 Å². The minimum atomic E-state index is -0.773. The van der Waals surface area contributed by atoms with Crippen LogP contribution in [0.25, 0.3) is 0 Å². The quantitative estimate of drug-likeness (QED) is 0.0966. The molecule has 0 bridgehead atoms.